The molecule has 0 fully saturated rings. The predicted molar refractivity (Wildman–Crippen MR) is 222 cm³/mol. The van der Waals surface area contributed by atoms with E-state index in [0.717, 1.165) is 39.3 Å². The molecule has 2 unspecified atom stereocenters. The molecule has 4 aliphatic rings. The number of benzene rings is 5. The molecule has 0 spiro atoms. The SMILES string of the molecule is C=C(/N=C(\N=C(/C)C1=CCC=CC2=C1c1ccccc1C2(c1ccccc1)c1ccccc1)c1ccc2ccccc2c1)C1=CC2C=CC=CC2S1. The van der Waals surface area contributed by atoms with E-state index in [4.69, 9.17) is 9.98 Å². The van der Waals surface area contributed by atoms with Gasteiger partial charge in [0.2, 0.25) is 0 Å². The molecular formula is C49H38N2S. The summed E-state index contributed by atoms with van der Waals surface area (Å²) >= 11 is 1.83. The second kappa shape index (κ2) is 13.4. The van der Waals surface area contributed by atoms with Crippen molar-refractivity contribution in [1.82, 2.24) is 0 Å². The van der Waals surface area contributed by atoms with Crippen molar-refractivity contribution in [3.8, 4) is 0 Å². The predicted octanol–water partition coefficient (Wildman–Crippen LogP) is 12.0. The molecule has 2 atom stereocenters. The number of rotatable bonds is 6. The monoisotopic (exact) mass is 686 g/mol. The van der Waals surface area contributed by atoms with E-state index in [1.807, 2.05) is 11.8 Å². The zero-order chi connectivity index (χ0) is 35.1. The Hall–Kier alpha value is -5.77. The van der Waals surface area contributed by atoms with E-state index < -0.39 is 5.41 Å². The van der Waals surface area contributed by atoms with E-state index in [2.05, 4.69) is 190 Å². The van der Waals surface area contributed by atoms with Crippen molar-refractivity contribution in [2.45, 2.75) is 24.0 Å². The summed E-state index contributed by atoms with van der Waals surface area (Å²) in [7, 11) is 0. The average molecular weight is 687 g/mol. The smallest absolute Gasteiger partial charge is 0.160 e. The van der Waals surface area contributed by atoms with Gasteiger partial charge in [-0.3, -0.25) is 0 Å². The summed E-state index contributed by atoms with van der Waals surface area (Å²) in [6.45, 7) is 6.64. The molecule has 1 aliphatic heterocycles. The lowest BCUT2D eigenvalue weighted by atomic mass is 9.66. The molecule has 5 aromatic rings. The van der Waals surface area contributed by atoms with Gasteiger partial charge in [-0.1, -0.05) is 177 Å². The van der Waals surface area contributed by atoms with Gasteiger partial charge in [0.25, 0.3) is 0 Å². The minimum absolute atomic E-state index is 0.359. The summed E-state index contributed by atoms with van der Waals surface area (Å²) in [5.74, 6) is 1.02. The number of amidine groups is 1. The number of hydrogen-bond donors (Lipinski definition) is 0. The number of allylic oxidation sites excluding steroid dienone is 10. The van der Waals surface area contributed by atoms with Crippen LogP contribution in [0.15, 0.2) is 214 Å². The number of fused-ring (bicyclic) bond motifs is 4. The molecule has 5 aromatic carbocycles. The first-order valence-electron chi connectivity index (χ1n) is 18.0. The van der Waals surface area contributed by atoms with Gasteiger partial charge in [0, 0.05) is 32.9 Å². The standard InChI is InChI=1S/C49H38N2S/c1-33(50-48(38-30-29-35-17-9-10-18-36(35)31-38)51-34(2)46-32-37-19-11-16-28-45(37)52-46)41-24-12-15-27-44-47(41)42-25-13-14-26-43(42)49(44,39-20-5-3-6-21-39)40-22-7-4-8-23-40/h3-11,13-32,37,45H,2,12H2,1H3/b50-33+,51-48-. The van der Waals surface area contributed by atoms with E-state index in [9.17, 15) is 0 Å². The zero-order valence-corrected chi connectivity index (χ0v) is 29.9. The first kappa shape index (κ1) is 32.2. The first-order valence-corrected chi connectivity index (χ1v) is 18.9. The summed E-state index contributed by atoms with van der Waals surface area (Å²) in [5.41, 5.74) is 10.8. The molecule has 2 nitrogen and oxygen atoms in total. The van der Waals surface area contributed by atoms with E-state index >= 15 is 0 Å². The lowest BCUT2D eigenvalue weighted by Gasteiger charge is -2.34. The van der Waals surface area contributed by atoms with Crippen molar-refractivity contribution in [3.05, 3.63) is 232 Å². The molecular weight excluding hydrogens is 649 g/mol. The highest BCUT2D eigenvalue weighted by Crippen LogP contribution is 2.57. The molecule has 0 saturated heterocycles. The Labute approximate surface area is 310 Å². The summed E-state index contributed by atoms with van der Waals surface area (Å²) in [4.78, 5) is 11.8. The maximum absolute atomic E-state index is 5.46. The summed E-state index contributed by atoms with van der Waals surface area (Å²) < 4.78 is 0. The topological polar surface area (TPSA) is 24.7 Å². The molecule has 9 rings (SSSR count). The lowest BCUT2D eigenvalue weighted by molar-refractivity contribution is 0.761. The van der Waals surface area contributed by atoms with Crippen LogP contribution in [0.3, 0.4) is 0 Å². The highest BCUT2D eigenvalue weighted by molar-refractivity contribution is 8.04. The molecule has 0 bridgehead atoms. The first-order chi connectivity index (χ1) is 25.6. The van der Waals surface area contributed by atoms with Gasteiger partial charge >= 0.3 is 0 Å². The number of nitrogens with zero attached hydrogens (tertiary/aromatic N) is 2. The lowest BCUT2D eigenvalue weighted by Crippen LogP contribution is -2.29. The Kier molecular flexibility index (Phi) is 8.29. The van der Waals surface area contributed by atoms with Gasteiger partial charge in [0.15, 0.2) is 5.84 Å². The van der Waals surface area contributed by atoms with E-state index in [1.165, 1.54) is 38.8 Å². The molecule has 0 N–H and O–H groups in total. The molecule has 52 heavy (non-hydrogen) atoms. The van der Waals surface area contributed by atoms with Crippen molar-refractivity contribution < 1.29 is 0 Å². The number of aliphatic imine (C=N–C) groups is 2. The van der Waals surface area contributed by atoms with Crippen LogP contribution in [0.4, 0.5) is 0 Å². The third kappa shape index (κ3) is 5.44. The van der Waals surface area contributed by atoms with Crippen LogP contribution in [0.2, 0.25) is 0 Å². The second-order valence-corrected chi connectivity index (χ2v) is 14.9. The van der Waals surface area contributed by atoms with Crippen LogP contribution in [0.5, 0.6) is 0 Å². The van der Waals surface area contributed by atoms with Crippen molar-refractivity contribution in [2.75, 3.05) is 0 Å². The van der Waals surface area contributed by atoms with Crippen LogP contribution < -0.4 is 0 Å². The Morgan fingerprint density at radius 3 is 2.21 bits per heavy atom. The van der Waals surface area contributed by atoms with Crippen LogP contribution in [0.25, 0.3) is 16.3 Å². The van der Waals surface area contributed by atoms with Gasteiger partial charge in [-0.25, -0.2) is 9.98 Å². The minimum Gasteiger partial charge on any atom is -0.233 e. The molecule has 0 radical (unpaired) electrons. The van der Waals surface area contributed by atoms with Gasteiger partial charge < -0.3 is 0 Å². The number of thioether (sulfide) groups is 1. The third-order valence-electron chi connectivity index (χ3n) is 10.6. The third-order valence-corrected chi connectivity index (χ3v) is 12.0. The summed E-state index contributed by atoms with van der Waals surface area (Å²) in [5, 5.41) is 2.73. The van der Waals surface area contributed by atoms with Gasteiger partial charge in [-0.2, -0.15) is 0 Å². The maximum atomic E-state index is 5.46. The van der Waals surface area contributed by atoms with Gasteiger partial charge in [-0.15, -0.1) is 11.8 Å². The molecule has 0 saturated carbocycles. The quantitative estimate of drug-likeness (QED) is 0.129. The summed E-state index contributed by atoms with van der Waals surface area (Å²) in [6, 6.07) is 45.8. The Bertz CT molecular complexity index is 2450. The van der Waals surface area contributed by atoms with E-state index in [0.29, 0.717) is 17.0 Å². The average Bonchev–Trinajstić information content (AvgIpc) is 3.68. The van der Waals surface area contributed by atoms with Crippen molar-refractivity contribution >= 4 is 39.7 Å². The molecule has 0 amide bonds. The molecule has 250 valence electrons. The van der Waals surface area contributed by atoms with Crippen molar-refractivity contribution in [3.63, 3.8) is 0 Å². The van der Waals surface area contributed by atoms with Crippen LogP contribution in [0, 0.1) is 5.92 Å². The second-order valence-electron chi connectivity index (χ2n) is 13.7. The summed E-state index contributed by atoms with van der Waals surface area (Å²) in [6.07, 6.45) is 18.9. The molecule has 3 aliphatic carbocycles. The molecule has 3 heteroatoms. The van der Waals surface area contributed by atoms with Crippen LogP contribution >= 0.6 is 11.8 Å². The van der Waals surface area contributed by atoms with Gasteiger partial charge in [0.1, 0.15) is 0 Å². The van der Waals surface area contributed by atoms with E-state index in [1.54, 1.807) is 0 Å². The normalized spacial score (nSPS) is 20.2. The van der Waals surface area contributed by atoms with E-state index in [-0.39, 0.29) is 0 Å². The highest BCUT2D eigenvalue weighted by Gasteiger charge is 2.47. The minimum atomic E-state index is -0.482. The van der Waals surface area contributed by atoms with Crippen LogP contribution in [0.1, 0.15) is 41.2 Å². The Morgan fingerprint density at radius 1 is 0.750 bits per heavy atom. The maximum Gasteiger partial charge on any atom is 0.160 e. The molecule has 1 heterocycles. The highest BCUT2D eigenvalue weighted by atomic mass is 32.2. The fraction of sp³-hybridized carbons (Fsp3) is 0.102. The molecule has 0 aromatic heterocycles. The largest absolute Gasteiger partial charge is 0.233 e. The zero-order valence-electron chi connectivity index (χ0n) is 29.1. The van der Waals surface area contributed by atoms with Crippen LogP contribution in [-0.2, 0) is 5.41 Å². The fourth-order valence-corrected chi connectivity index (χ4v) is 9.46. The van der Waals surface area contributed by atoms with Crippen molar-refractivity contribution in [1.29, 1.82) is 0 Å². The van der Waals surface area contributed by atoms with Crippen LogP contribution in [-0.4, -0.2) is 16.8 Å². The van der Waals surface area contributed by atoms with Gasteiger partial charge in [-0.05, 0) is 63.6 Å². The Balaban J connectivity index is 1.22. The van der Waals surface area contributed by atoms with Gasteiger partial charge in [0.05, 0.1) is 11.1 Å². The number of hydrogen-bond acceptors (Lipinski definition) is 2. The Morgan fingerprint density at radius 2 is 1.44 bits per heavy atom. The fourth-order valence-electron chi connectivity index (χ4n) is 8.25. The van der Waals surface area contributed by atoms with Crippen molar-refractivity contribution in [2.24, 2.45) is 15.9 Å².